The van der Waals surface area contributed by atoms with Crippen LogP contribution in [0.15, 0.2) is 46.1 Å². The number of hydrogen-bond donors (Lipinski definition) is 0. The van der Waals surface area contributed by atoms with Crippen molar-refractivity contribution in [1.82, 2.24) is 0 Å². The zero-order chi connectivity index (χ0) is 12.8. The first-order valence-electron chi connectivity index (χ1n) is 5.43. The predicted octanol–water partition coefficient (Wildman–Crippen LogP) is 3.77. The normalized spacial score (nSPS) is 12.2. The molecule has 2 aromatic rings. The molecule has 0 saturated carbocycles. The molecule has 90 valence electrons. The zero-order valence-corrected chi connectivity index (χ0v) is 10.7. The van der Waals surface area contributed by atoms with E-state index >= 15 is 0 Å². The number of ether oxygens (including phenoxy) is 1. The summed E-state index contributed by atoms with van der Waals surface area (Å²) in [6.07, 6.45) is 1.67. The molecule has 0 aliphatic heterocycles. The third-order valence-electron chi connectivity index (χ3n) is 2.49. The van der Waals surface area contributed by atoms with Crippen LogP contribution in [0.5, 0.6) is 5.75 Å². The van der Waals surface area contributed by atoms with Gasteiger partial charge >= 0.3 is 0 Å². The summed E-state index contributed by atoms with van der Waals surface area (Å²) in [5.41, 5.74) is 1.80. The lowest BCUT2D eigenvalue weighted by Crippen LogP contribution is -1.94. The molecular weight excluding hydrogens is 244 g/mol. The number of methoxy groups -OCH3 is 1. The smallest absolute Gasteiger partial charge is 0.119 e. The monoisotopic (exact) mass is 256 g/mol. The summed E-state index contributed by atoms with van der Waals surface area (Å²) >= 11 is 1.58. The number of hydrogen-bond acceptors (Lipinski definition) is 4. The van der Waals surface area contributed by atoms with E-state index in [0.29, 0.717) is 0 Å². The molecule has 0 aliphatic carbocycles. The molecule has 1 heterocycles. The Morgan fingerprint density at radius 1 is 1.33 bits per heavy atom. The Hall–Kier alpha value is -2.12. The summed E-state index contributed by atoms with van der Waals surface area (Å²) in [5.74, 6) is 0.502. The molecule has 18 heavy (non-hydrogen) atoms. The fourth-order valence-electron chi connectivity index (χ4n) is 1.47. The molecule has 1 aromatic carbocycles. The lowest BCUT2D eigenvalue weighted by molar-refractivity contribution is 0.415. The van der Waals surface area contributed by atoms with E-state index in [2.05, 4.69) is 11.1 Å². The Bertz CT molecular complexity index is 552. The number of thiophene rings is 1. The van der Waals surface area contributed by atoms with Crippen molar-refractivity contribution in [3.63, 3.8) is 0 Å². The average Bonchev–Trinajstić information content (AvgIpc) is 2.94. The van der Waals surface area contributed by atoms with E-state index in [1.54, 1.807) is 24.7 Å². The zero-order valence-electron chi connectivity index (χ0n) is 9.91. The highest BCUT2D eigenvalue weighted by Crippen LogP contribution is 2.20. The molecule has 1 atom stereocenters. The first-order chi connectivity index (χ1) is 8.83. The summed E-state index contributed by atoms with van der Waals surface area (Å²) in [5, 5.41) is 13.0. The van der Waals surface area contributed by atoms with E-state index in [1.165, 1.54) is 0 Å². The third-order valence-corrected chi connectivity index (χ3v) is 3.19. The van der Waals surface area contributed by atoms with Crippen LogP contribution in [0.3, 0.4) is 0 Å². The average molecular weight is 256 g/mol. The maximum atomic E-state index is 9.10. The van der Waals surface area contributed by atoms with Crippen molar-refractivity contribution >= 4 is 23.2 Å². The van der Waals surface area contributed by atoms with Crippen molar-refractivity contribution < 1.29 is 4.74 Å². The van der Waals surface area contributed by atoms with Crippen molar-refractivity contribution in [3.05, 3.63) is 46.7 Å². The van der Waals surface area contributed by atoms with Gasteiger partial charge in [-0.15, -0.1) is 0 Å². The van der Waals surface area contributed by atoms with Crippen LogP contribution in [-0.2, 0) is 0 Å². The van der Waals surface area contributed by atoms with Crippen molar-refractivity contribution in [2.45, 2.75) is 5.92 Å². The highest BCUT2D eigenvalue weighted by atomic mass is 32.1. The molecule has 1 aromatic heterocycles. The van der Waals surface area contributed by atoms with Gasteiger partial charge in [-0.3, -0.25) is 4.99 Å². The molecule has 0 fully saturated rings. The highest BCUT2D eigenvalue weighted by Gasteiger charge is 2.07. The standard InChI is InChI=1S/C14H12N2OS/c1-17-14-4-2-13(3-5-14)16-9-12(8-15)11-6-7-18-10-11/h2-7,9-10,12H,1H3. The molecule has 0 bridgehead atoms. The van der Waals surface area contributed by atoms with Crippen molar-refractivity contribution in [2.75, 3.05) is 7.11 Å². The van der Waals surface area contributed by atoms with Crippen LogP contribution in [0.1, 0.15) is 11.5 Å². The summed E-state index contributed by atoms with van der Waals surface area (Å²) in [6, 6.07) is 11.6. The largest absolute Gasteiger partial charge is 0.497 e. The summed E-state index contributed by atoms with van der Waals surface area (Å²) in [7, 11) is 1.63. The lowest BCUT2D eigenvalue weighted by atomic mass is 10.1. The minimum absolute atomic E-state index is 0.293. The summed E-state index contributed by atoms with van der Waals surface area (Å²) < 4.78 is 5.07. The Kier molecular flexibility index (Phi) is 4.11. The lowest BCUT2D eigenvalue weighted by Gasteiger charge is -2.01. The number of nitriles is 1. The van der Waals surface area contributed by atoms with Gasteiger partial charge in [-0.25, -0.2) is 0 Å². The minimum atomic E-state index is -0.293. The van der Waals surface area contributed by atoms with Crippen LogP contribution in [0.25, 0.3) is 0 Å². The molecule has 1 unspecified atom stereocenters. The van der Waals surface area contributed by atoms with E-state index in [1.807, 2.05) is 41.1 Å². The number of aliphatic imine (C=N–C) groups is 1. The molecule has 0 saturated heterocycles. The SMILES string of the molecule is COc1ccc(N=CC(C#N)c2ccsc2)cc1. The van der Waals surface area contributed by atoms with Crippen LogP contribution in [0.2, 0.25) is 0 Å². The van der Waals surface area contributed by atoms with Gasteiger partial charge in [0, 0.05) is 6.21 Å². The van der Waals surface area contributed by atoms with Crippen LogP contribution in [0, 0.1) is 11.3 Å². The Balaban J connectivity index is 2.12. The topological polar surface area (TPSA) is 45.4 Å². The fraction of sp³-hybridized carbons (Fsp3) is 0.143. The van der Waals surface area contributed by atoms with E-state index in [4.69, 9.17) is 10.00 Å². The molecule has 0 spiro atoms. The van der Waals surface area contributed by atoms with Gasteiger partial charge in [0.25, 0.3) is 0 Å². The van der Waals surface area contributed by atoms with E-state index < -0.39 is 0 Å². The maximum Gasteiger partial charge on any atom is 0.119 e. The van der Waals surface area contributed by atoms with Gasteiger partial charge in [0.15, 0.2) is 0 Å². The first kappa shape index (κ1) is 12.3. The molecule has 0 radical (unpaired) electrons. The Morgan fingerprint density at radius 3 is 2.67 bits per heavy atom. The van der Waals surface area contributed by atoms with Crippen molar-refractivity contribution in [3.8, 4) is 11.8 Å². The summed E-state index contributed by atoms with van der Waals surface area (Å²) in [6.45, 7) is 0. The van der Waals surface area contributed by atoms with Crippen LogP contribution < -0.4 is 4.74 Å². The fourth-order valence-corrected chi connectivity index (χ4v) is 2.17. The number of benzene rings is 1. The second kappa shape index (κ2) is 5.99. The highest BCUT2D eigenvalue weighted by molar-refractivity contribution is 7.08. The van der Waals surface area contributed by atoms with Gasteiger partial charge in [0.2, 0.25) is 0 Å². The molecule has 4 heteroatoms. The van der Waals surface area contributed by atoms with Crippen LogP contribution in [-0.4, -0.2) is 13.3 Å². The molecule has 3 nitrogen and oxygen atoms in total. The predicted molar refractivity (Wildman–Crippen MR) is 73.8 cm³/mol. The molecule has 0 amide bonds. The van der Waals surface area contributed by atoms with Crippen molar-refractivity contribution in [1.29, 1.82) is 5.26 Å². The van der Waals surface area contributed by atoms with E-state index in [-0.39, 0.29) is 5.92 Å². The van der Waals surface area contributed by atoms with Crippen LogP contribution >= 0.6 is 11.3 Å². The third kappa shape index (κ3) is 2.96. The Morgan fingerprint density at radius 2 is 2.11 bits per heavy atom. The van der Waals surface area contributed by atoms with Crippen LogP contribution in [0.4, 0.5) is 5.69 Å². The van der Waals surface area contributed by atoms with Gasteiger partial charge in [-0.05, 0) is 46.7 Å². The second-order valence-corrected chi connectivity index (χ2v) is 4.42. The van der Waals surface area contributed by atoms with Gasteiger partial charge in [-0.2, -0.15) is 16.6 Å². The Labute approximate surface area is 110 Å². The van der Waals surface area contributed by atoms with Gasteiger partial charge < -0.3 is 4.74 Å². The minimum Gasteiger partial charge on any atom is -0.497 e. The number of nitrogens with zero attached hydrogens (tertiary/aromatic N) is 2. The number of rotatable bonds is 4. The van der Waals surface area contributed by atoms with E-state index in [9.17, 15) is 0 Å². The van der Waals surface area contributed by atoms with E-state index in [0.717, 1.165) is 17.0 Å². The summed E-state index contributed by atoms with van der Waals surface area (Å²) in [4.78, 5) is 4.31. The second-order valence-electron chi connectivity index (χ2n) is 3.64. The molecule has 0 N–H and O–H groups in total. The first-order valence-corrected chi connectivity index (χ1v) is 6.37. The van der Waals surface area contributed by atoms with Gasteiger partial charge in [0.1, 0.15) is 11.7 Å². The van der Waals surface area contributed by atoms with Gasteiger partial charge in [-0.1, -0.05) is 0 Å². The quantitative estimate of drug-likeness (QED) is 0.782. The maximum absolute atomic E-state index is 9.10. The molecule has 2 rings (SSSR count). The molecule has 0 aliphatic rings. The van der Waals surface area contributed by atoms with Gasteiger partial charge in [0.05, 0.1) is 18.9 Å². The molecular formula is C14H12N2OS. The van der Waals surface area contributed by atoms with Crippen molar-refractivity contribution in [2.24, 2.45) is 4.99 Å².